The molecule has 4 heteroatoms. The maximum absolute atomic E-state index is 11.2. The highest BCUT2D eigenvalue weighted by Gasteiger charge is 2.25. The van der Waals surface area contributed by atoms with Gasteiger partial charge < -0.3 is 14.7 Å². The van der Waals surface area contributed by atoms with Crippen LogP contribution in [0.15, 0.2) is 48.5 Å². The van der Waals surface area contributed by atoms with Crippen molar-refractivity contribution in [1.82, 2.24) is 0 Å². The average molecular weight is 283 g/mol. The molecule has 2 aromatic carbocycles. The van der Waals surface area contributed by atoms with E-state index in [0.29, 0.717) is 6.61 Å². The summed E-state index contributed by atoms with van der Waals surface area (Å²) in [6, 6.07) is 15.4. The topological polar surface area (TPSA) is 49.8 Å². The zero-order chi connectivity index (χ0) is 14.8. The van der Waals surface area contributed by atoms with Crippen LogP contribution in [0, 0.1) is 0 Å². The molecule has 3 rings (SSSR count). The van der Waals surface area contributed by atoms with E-state index in [1.54, 1.807) is 18.2 Å². The monoisotopic (exact) mass is 283 g/mol. The summed E-state index contributed by atoms with van der Waals surface area (Å²) in [5, 5.41) is 9.17. The van der Waals surface area contributed by atoms with Gasteiger partial charge in [0.25, 0.3) is 0 Å². The Morgan fingerprint density at radius 1 is 1.29 bits per heavy atom. The van der Waals surface area contributed by atoms with Crippen LogP contribution in [0.2, 0.25) is 0 Å². The van der Waals surface area contributed by atoms with E-state index in [1.807, 2.05) is 18.2 Å². The largest absolute Gasteiger partial charge is 0.489 e. The molecule has 0 saturated heterocycles. The third kappa shape index (κ3) is 2.70. The number of ether oxygens (including phenoxy) is 1. The van der Waals surface area contributed by atoms with E-state index in [9.17, 15) is 4.79 Å². The second kappa shape index (κ2) is 5.48. The summed E-state index contributed by atoms with van der Waals surface area (Å²) >= 11 is 0. The fourth-order valence-electron chi connectivity index (χ4n) is 2.56. The van der Waals surface area contributed by atoms with Crippen molar-refractivity contribution in [2.75, 3.05) is 11.5 Å². The van der Waals surface area contributed by atoms with Crippen LogP contribution in [0.1, 0.15) is 22.8 Å². The number of anilines is 1. The van der Waals surface area contributed by atoms with Crippen molar-refractivity contribution in [3.63, 3.8) is 0 Å². The molecule has 0 spiro atoms. The highest BCUT2D eigenvalue weighted by molar-refractivity contribution is 5.89. The Morgan fingerprint density at radius 2 is 2.05 bits per heavy atom. The molecule has 1 aliphatic heterocycles. The average Bonchev–Trinajstić information content (AvgIpc) is 2.50. The molecule has 2 aromatic rings. The van der Waals surface area contributed by atoms with Crippen molar-refractivity contribution < 1.29 is 14.6 Å². The lowest BCUT2D eigenvalue weighted by atomic mass is 10.1. The summed E-state index contributed by atoms with van der Waals surface area (Å²) in [6.07, 6.45) is 0. The summed E-state index contributed by atoms with van der Waals surface area (Å²) in [4.78, 5) is 13.4. The predicted molar refractivity (Wildman–Crippen MR) is 81.0 cm³/mol. The second-order valence-electron chi connectivity index (χ2n) is 5.26. The first-order valence-corrected chi connectivity index (χ1v) is 6.96. The van der Waals surface area contributed by atoms with Crippen LogP contribution in [0.25, 0.3) is 0 Å². The van der Waals surface area contributed by atoms with Crippen molar-refractivity contribution in [2.45, 2.75) is 19.5 Å². The number of carbonyl (C=O) groups is 1. The van der Waals surface area contributed by atoms with Gasteiger partial charge in [0.2, 0.25) is 0 Å². The zero-order valence-electron chi connectivity index (χ0n) is 11.8. The minimum absolute atomic E-state index is 0.196. The number of nitrogens with zero attached hydrogens (tertiary/aromatic N) is 1. The number of carboxylic acids is 1. The molecule has 1 aliphatic rings. The summed E-state index contributed by atoms with van der Waals surface area (Å²) in [7, 11) is 0. The molecule has 0 aromatic heterocycles. The van der Waals surface area contributed by atoms with Crippen molar-refractivity contribution in [2.24, 2.45) is 0 Å². The van der Waals surface area contributed by atoms with Crippen LogP contribution >= 0.6 is 0 Å². The first-order chi connectivity index (χ1) is 10.1. The van der Waals surface area contributed by atoms with Crippen LogP contribution in [-0.2, 0) is 6.54 Å². The molecule has 0 amide bonds. The molecule has 0 radical (unpaired) electrons. The van der Waals surface area contributed by atoms with E-state index in [4.69, 9.17) is 9.84 Å². The standard InChI is InChI=1S/C17H17NO3/c1-12-11-21-16-8-7-14(17(19)20)9-15(16)18(12)10-13-5-3-2-4-6-13/h2-9,12H,10-11H2,1H3,(H,19,20)/t12-/m0/s1. The van der Waals surface area contributed by atoms with Gasteiger partial charge in [0, 0.05) is 6.54 Å². The highest BCUT2D eigenvalue weighted by Crippen LogP contribution is 2.35. The molecule has 0 saturated carbocycles. The molecule has 0 unspecified atom stereocenters. The smallest absolute Gasteiger partial charge is 0.335 e. The number of fused-ring (bicyclic) bond motifs is 1. The molecule has 1 atom stereocenters. The number of rotatable bonds is 3. The molecule has 21 heavy (non-hydrogen) atoms. The minimum atomic E-state index is -0.921. The Labute approximate surface area is 123 Å². The van der Waals surface area contributed by atoms with E-state index < -0.39 is 5.97 Å². The predicted octanol–water partition coefficient (Wildman–Crippen LogP) is 3.17. The van der Waals surface area contributed by atoms with E-state index in [2.05, 4.69) is 24.0 Å². The van der Waals surface area contributed by atoms with Crippen LogP contribution < -0.4 is 9.64 Å². The molecule has 0 fully saturated rings. The van der Waals surface area contributed by atoms with Gasteiger partial charge in [0.15, 0.2) is 0 Å². The van der Waals surface area contributed by atoms with Crippen LogP contribution in [0.3, 0.4) is 0 Å². The quantitative estimate of drug-likeness (QED) is 0.940. The molecule has 1 N–H and O–H groups in total. The Balaban J connectivity index is 1.97. The van der Waals surface area contributed by atoms with E-state index in [-0.39, 0.29) is 11.6 Å². The zero-order valence-corrected chi connectivity index (χ0v) is 11.8. The summed E-state index contributed by atoms with van der Waals surface area (Å²) < 4.78 is 5.70. The fraction of sp³-hybridized carbons (Fsp3) is 0.235. The normalized spacial score (nSPS) is 17.0. The molecule has 0 bridgehead atoms. The second-order valence-corrected chi connectivity index (χ2v) is 5.26. The molecule has 4 nitrogen and oxygen atoms in total. The van der Waals surface area contributed by atoms with Gasteiger partial charge in [-0.1, -0.05) is 30.3 Å². The first kappa shape index (κ1) is 13.5. The SMILES string of the molecule is C[C@H]1COc2ccc(C(=O)O)cc2N1Cc1ccccc1. The van der Waals surface area contributed by atoms with Crippen LogP contribution in [0.5, 0.6) is 5.75 Å². The van der Waals surface area contributed by atoms with Crippen molar-refractivity contribution in [3.8, 4) is 5.75 Å². The lowest BCUT2D eigenvalue weighted by Crippen LogP contribution is -2.40. The van der Waals surface area contributed by atoms with Crippen LogP contribution in [0.4, 0.5) is 5.69 Å². The number of benzene rings is 2. The van der Waals surface area contributed by atoms with Gasteiger partial charge in [-0.15, -0.1) is 0 Å². The number of hydrogen-bond acceptors (Lipinski definition) is 3. The maximum Gasteiger partial charge on any atom is 0.335 e. The molecular formula is C17H17NO3. The lowest BCUT2D eigenvalue weighted by Gasteiger charge is -2.37. The third-order valence-corrected chi connectivity index (χ3v) is 3.72. The van der Waals surface area contributed by atoms with E-state index in [0.717, 1.165) is 18.0 Å². The molecule has 108 valence electrons. The molecular weight excluding hydrogens is 266 g/mol. The van der Waals surface area contributed by atoms with Crippen molar-refractivity contribution in [3.05, 3.63) is 59.7 Å². The summed E-state index contributed by atoms with van der Waals surface area (Å²) in [5.41, 5.74) is 2.32. The van der Waals surface area contributed by atoms with Crippen molar-refractivity contribution in [1.29, 1.82) is 0 Å². The van der Waals surface area contributed by atoms with E-state index >= 15 is 0 Å². The lowest BCUT2D eigenvalue weighted by molar-refractivity contribution is 0.0697. The van der Waals surface area contributed by atoms with Gasteiger partial charge in [0.05, 0.1) is 17.3 Å². The summed E-state index contributed by atoms with van der Waals surface area (Å²) in [6.45, 7) is 3.42. The fourth-order valence-corrected chi connectivity index (χ4v) is 2.56. The maximum atomic E-state index is 11.2. The van der Waals surface area contributed by atoms with Gasteiger partial charge in [0.1, 0.15) is 12.4 Å². The van der Waals surface area contributed by atoms with Crippen molar-refractivity contribution >= 4 is 11.7 Å². The Kier molecular flexibility index (Phi) is 3.52. The molecule has 1 heterocycles. The highest BCUT2D eigenvalue weighted by atomic mass is 16.5. The third-order valence-electron chi connectivity index (χ3n) is 3.72. The van der Waals surface area contributed by atoms with Gasteiger partial charge in [-0.05, 0) is 30.7 Å². The van der Waals surface area contributed by atoms with Gasteiger partial charge in [-0.3, -0.25) is 0 Å². The minimum Gasteiger partial charge on any atom is -0.489 e. The summed E-state index contributed by atoms with van der Waals surface area (Å²) in [5.74, 6) is -0.176. The molecule has 0 aliphatic carbocycles. The van der Waals surface area contributed by atoms with Crippen LogP contribution in [-0.4, -0.2) is 23.7 Å². The van der Waals surface area contributed by atoms with Gasteiger partial charge in [-0.2, -0.15) is 0 Å². The number of carboxylic acid groups (broad SMARTS) is 1. The number of hydrogen-bond donors (Lipinski definition) is 1. The Bertz CT molecular complexity index is 654. The first-order valence-electron chi connectivity index (χ1n) is 6.96. The Hall–Kier alpha value is -2.49. The number of aromatic carboxylic acids is 1. The Morgan fingerprint density at radius 3 is 2.76 bits per heavy atom. The van der Waals surface area contributed by atoms with E-state index in [1.165, 1.54) is 5.56 Å². The van der Waals surface area contributed by atoms with Gasteiger partial charge >= 0.3 is 5.97 Å². The van der Waals surface area contributed by atoms with Gasteiger partial charge in [-0.25, -0.2) is 4.79 Å².